The number of para-hydroxylation sites is 1. The number of nitrogens with zero attached hydrogens (tertiary/aromatic N) is 1. The maximum Gasteiger partial charge on any atom is 0.256 e. The van der Waals surface area contributed by atoms with Crippen molar-refractivity contribution in [2.75, 3.05) is 36.7 Å². The Morgan fingerprint density at radius 3 is 2.57 bits per heavy atom. The molecule has 23 heavy (non-hydrogen) atoms. The lowest BCUT2D eigenvalue weighted by molar-refractivity contribution is 0.0783. The first kappa shape index (κ1) is 16.3. The molecule has 3 rings (SSSR count). The Morgan fingerprint density at radius 1 is 1.26 bits per heavy atom. The number of fused-ring (bicyclic) bond motifs is 1. The standard InChI is InChI=1S/C16H23N3O3S/c1-2-7-23(21,22)18-15-6-4-3-5-14(15)16(20)19-10-12-8-17-9-13(12)11-19/h3-6,12-13,17-18H,2,7-11H2,1H3/t12-,13+. The molecule has 2 aliphatic rings. The summed E-state index contributed by atoms with van der Waals surface area (Å²) in [4.78, 5) is 14.7. The second kappa shape index (κ2) is 6.49. The number of anilines is 1. The third-order valence-electron chi connectivity index (χ3n) is 4.57. The van der Waals surface area contributed by atoms with Crippen LogP contribution in [-0.2, 0) is 10.0 Å². The minimum atomic E-state index is -3.41. The van der Waals surface area contributed by atoms with Crippen molar-refractivity contribution in [1.82, 2.24) is 10.2 Å². The summed E-state index contributed by atoms with van der Waals surface area (Å²) in [7, 11) is -3.41. The van der Waals surface area contributed by atoms with E-state index in [-0.39, 0.29) is 11.7 Å². The van der Waals surface area contributed by atoms with Crippen LogP contribution in [0.2, 0.25) is 0 Å². The number of hydrogen-bond donors (Lipinski definition) is 2. The number of hydrogen-bond acceptors (Lipinski definition) is 4. The highest BCUT2D eigenvalue weighted by Crippen LogP contribution is 2.29. The lowest BCUT2D eigenvalue weighted by Crippen LogP contribution is -2.32. The van der Waals surface area contributed by atoms with E-state index in [1.807, 2.05) is 11.8 Å². The molecule has 2 saturated heterocycles. The molecule has 6 nitrogen and oxygen atoms in total. The molecule has 2 fully saturated rings. The number of likely N-dealkylation sites (tertiary alicyclic amines) is 1. The van der Waals surface area contributed by atoms with Crippen LogP contribution in [0.25, 0.3) is 0 Å². The van der Waals surface area contributed by atoms with Gasteiger partial charge in [-0.25, -0.2) is 8.42 Å². The zero-order chi connectivity index (χ0) is 16.4. The minimum absolute atomic E-state index is 0.0507. The van der Waals surface area contributed by atoms with Gasteiger partial charge in [-0.05, 0) is 30.4 Å². The topological polar surface area (TPSA) is 78.5 Å². The summed E-state index contributed by atoms with van der Waals surface area (Å²) >= 11 is 0. The van der Waals surface area contributed by atoms with Gasteiger partial charge in [0.25, 0.3) is 5.91 Å². The monoisotopic (exact) mass is 337 g/mol. The van der Waals surface area contributed by atoms with E-state index in [9.17, 15) is 13.2 Å². The molecule has 0 aliphatic carbocycles. The van der Waals surface area contributed by atoms with Gasteiger partial charge in [-0.2, -0.15) is 0 Å². The molecule has 0 aromatic heterocycles. The van der Waals surface area contributed by atoms with E-state index in [0.717, 1.165) is 26.2 Å². The van der Waals surface area contributed by atoms with E-state index in [4.69, 9.17) is 0 Å². The summed E-state index contributed by atoms with van der Waals surface area (Å²) in [5.41, 5.74) is 0.807. The number of amides is 1. The molecule has 2 aliphatic heterocycles. The molecule has 0 bridgehead atoms. The number of benzene rings is 1. The van der Waals surface area contributed by atoms with Crippen LogP contribution in [0.4, 0.5) is 5.69 Å². The number of carbonyl (C=O) groups excluding carboxylic acids is 1. The van der Waals surface area contributed by atoms with Gasteiger partial charge in [0, 0.05) is 26.2 Å². The largest absolute Gasteiger partial charge is 0.338 e. The van der Waals surface area contributed by atoms with Crippen LogP contribution in [0, 0.1) is 11.8 Å². The summed E-state index contributed by atoms with van der Waals surface area (Å²) < 4.78 is 26.6. The molecular formula is C16H23N3O3S. The number of carbonyl (C=O) groups is 1. The molecule has 1 amide bonds. The molecule has 0 radical (unpaired) electrons. The Labute approximate surface area is 137 Å². The van der Waals surface area contributed by atoms with Gasteiger partial charge in [0.2, 0.25) is 10.0 Å². The molecule has 126 valence electrons. The van der Waals surface area contributed by atoms with Gasteiger partial charge >= 0.3 is 0 Å². The van der Waals surface area contributed by atoms with Crippen molar-refractivity contribution >= 4 is 21.6 Å². The van der Waals surface area contributed by atoms with E-state index >= 15 is 0 Å². The Hall–Kier alpha value is -1.60. The molecule has 2 N–H and O–H groups in total. The van der Waals surface area contributed by atoms with Crippen molar-refractivity contribution in [1.29, 1.82) is 0 Å². The first-order valence-electron chi connectivity index (χ1n) is 8.09. The molecular weight excluding hydrogens is 314 g/mol. The third kappa shape index (κ3) is 3.50. The van der Waals surface area contributed by atoms with Gasteiger partial charge in [0.05, 0.1) is 17.0 Å². The third-order valence-corrected chi connectivity index (χ3v) is 6.05. The van der Waals surface area contributed by atoms with Crippen LogP contribution >= 0.6 is 0 Å². The fraction of sp³-hybridized carbons (Fsp3) is 0.562. The van der Waals surface area contributed by atoms with E-state index < -0.39 is 10.0 Å². The molecule has 0 unspecified atom stereocenters. The van der Waals surface area contributed by atoms with Gasteiger partial charge in [-0.15, -0.1) is 0 Å². The van der Waals surface area contributed by atoms with Crippen molar-refractivity contribution in [2.24, 2.45) is 11.8 Å². The summed E-state index contributed by atoms with van der Waals surface area (Å²) in [5, 5.41) is 3.35. The lowest BCUT2D eigenvalue weighted by atomic mass is 10.0. The highest BCUT2D eigenvalue weighted by molar-refractivity contribution is 7.92. The summed E-state index contributed by atoms with van der Waals surface area (Å²) in [5.74, 6) is 0.995. The fourth-order valence-corrected chi connectivity index (χ4v) is 4.59. The van der Waals surface area contributed by atoms with Crippen LogP contribution in [0.5, 0.6) is 0 Å². The van der Waals surface area contributed by atoms with Crippen molar-refractivity contribution in [3.8, 4) is 0 Å². The second-order valence-electron chi connectivity index (χ2n) is 6.36. The first-order chi connectivity index (χ1) is 11.0. The van der Waals surface area contributed by atoms with Gasteiger partial charge in [-0.3, -0.25) is 9.52 Å². The smallest absolute Gasteiger partial charge is 0.256 e. The lowest BCUT2D eigenvalue weighted by Gasteiger charge is -2.20. The first-order valence-corrected chi connectivity index (χ1v) is 9.75. The van der Waals surface area contributed by atoms with E-state index in [1.165, 1.54) is 0 Å². The highest BCUT2D eigenvalue weighted by atomic mass is 32.2. The van der Waals surface area contributed by atoms with Crippen molar-refractivity contribution < 1.29 is 13.2 Å². The average Bonchev–Trinajstić information content (AvgIpc) is 3.07. The van der Waals surface area contributed by atoms with E-state index in [0.29, 0.717) is 29.5 Å². The Bertz CT molecular complexity index is 678. The fourth-order valence-electron chi connectivity index (χ4n) is 3.44. The maximum atomic E-state index is 12.8. The molecule has 0 saturated carbocycles. The van der Waals surface area contributed by atoms with E-state index in [1.54, 1.807) is 24.3 Å². The van der Waals surface area contributed by atoms with Gasteiger partial charge < -0.3 is 10.2 Å². The quantitative estimate of drug-likeness (QED) is 0.844. The summed E-state index contributed by atoms with van der Waals surface area (Å²) in [6.45, 7) is 5.21. The van der Waals surface area contributed by atoms with E-state index in [2.05, 4.69) is 10.0 Å². The van der Waals surface area contributed by atoms with Gasteiger partial charge in [-0.1, -0.05) is 19.1 Å². The average molecular weight is 337 g/mol. The zero-order valence-corrected chi connectivity index (χ0v) is 14.1. The van der Waals surface area contributed by atoms with Crippen molar-refractivity contribution in [3.63, 3.8) is 0 Å². The Balaban J connectivity index is 1.79. The maximum absolute atomic E-state index is 12.8. The molecule has 1 aromatic carbocycles. The zero-order valence-electron chi connectivity index (χ0n) is 13.3. The molecule has 7 heteroatoms. The second-order valence-corrected chi connectivity index (χ2v) is 8.20. The van der Waals surface area contributed by atoms with Crippen LogP contribution in [0.1, 0.15) is 23.7 Å². The molecule has 2 atom stereocenters. The Morgan fingerprint density at radius 2 is 1.91 bits per heavy atom. The predicted molar refractivity (Wildman–Crippen MR) is 89.9 cm³/mol. The van der Waals surface area contributed by atoms with Crippen molar-refractivity contribution in [3.05, 3.63) is 29.8 Å². The minimum Gasteiger partial charge on any atom is -0.338 e. The number of rotatable bonds is 5. The van der Waals surface area contributed by atoms with Gasteiger partial charge in [0.15, 0.2) is 0 Å². The molecule has 2 heterocycles. The highest BCUT2D eigenvalue weighted by Gasteiger charge is 2.38. The summed E-state index contributed by atoms with van der Waals surface area (Å²) in [6.07, 6.45) is 0.536. The summed E-state index contributed by atoms with van der Waals surface area (Å²) in [6, 6.07) is 6.85. The number of sulfonamides is 1. The Kier molecular flexibility index (Phi) is 4.59. The SMILES string of the molecule is CCCS(=O)(=O)Nc1ccccc1C(=O)N1C[C@H]2CNC[C@H]2C1. The number of nitrogens with one attached hydrogen (secondary N) is 2. The van der Waals surface area contributed by atoms with Crippen LogP contribution in [0.15, 0.2) is 24.3 Å². The van der Waals surface area contributed by atoms with Crippen LogP contribution < -0.4 is 10.0 Å². The predicted octanol–water partition coefficient (Wildman–Crippen LogP) is 1.13. The van der Waals surface area contributed by atoms with Crippen LogP contribution in [0.3, 0.4) is 0 Å². The normalized spacial score (nSPS) is 23.8. The van der Waals surface area contributed by atoms with Crippen molar-refractivity contribution in [2.45, 2.75) is 13.3 Å². The van der Waals surface area contributed by atoms with Gasteiger partial charge in [0.1, 0.15) is 0 Å². The van der Waals surface area contributed by atoms with Crippen LogP contribution in [-0.4, -0.2) is 51.2 Å². The molecule has 0 spiro atoms. The molecule has 1 aromatic rings.